The van der Waals surface area contributed by atoms with Crippen LogP contribution in [0.5, 0.6) is 0 Å². The predicted octanol–water partition coefficient (Wildman–Crippen LogP) is 12.4. The number of aromatic nitrogens is 12. The Morgan fingerprint density at radius 3 is 0.232 bits per heavy atom. The van der Waals surface area contributed by atoms with Gasteiger partial charge in [0, 0.05) is 274 Å². The molecule has 0 aliphatic rings. The number of rotatable bonds is 12. The average Bonchev–Trinajstić information content (AvgIpc) is 1.84. The zero-order chi connectivity index (χ0) is 109. The Hall–Kier alpha value is 6.29. The molecule has 0 amide bonds. The molecule has 0 bridgehead atoms. The molecule has 0 saturated heterocycles. The van der Waals surface area contributed by atoms with Gasteiger partial charge >= 0.3 is 270 Å². The van der Waals surface area contributed by atoms with Crippen LogP contribution >= 0.6 is 380 Å². The number of thiazole rings is 12. The number of halogens is 18. The van der Waals surface area contributed by atoms with Crippen LogP contribution in [0.1, 0.15) is 151 Å². The topological polar surface area (TPSA) is 426 Å². The minimum absolute atomic E-state index is 1.05. The molecule has 792 valence electrons. The third kappa shape index (κ3) is 81.8. The van der Waals surface area contributed by atoms with Crippen molar-refractivity contribution in [3.63, 3.8) is 0 Å². The van der Waals surface area contributed by atoms with Crippen LogP contribution in [0.3, 0.4) is 0 Å². The van der Waals surface area contributed by atoms with Crippen molar-refractivity contribution >= 4 is 491 Å². The molecule has 12 aromatic heterocycles. The Bertz CT molecular complexity index is 4280. The number of nitrogens with zero attached hydrogens (tertiary/aromatic N) is 12. The summed E-state index contributed by atoms with van der Waals surface area (Å²) in [6.45, 7) is 63.7. The Morgan fingerprint density at radius 2 is 0.217 bits per heavy atom. The van der Waals surface area contributed by atoms with Gasteiger partial charge in [0.05, 0.1) is 64.6 Å². The van der Waals surface area contributed by atoms with E-state index in [1.165, 1.54) is 115 Å². The van der Waals surface area contributed by atoms with Gasteiger partial charge in [0.2, 0.25) is 0 Å². The molecule has 0 saturated carbocycles. The van der Waals surface area contributed by atoms with Gasteiger partial charge in [0.1, 0.15) is 78.5 Å². The fourth-order valence-corrected chi connectivity index (χ4v) is 28.6. The first-order chi connectivity index (χ1) is 63.0. The number of aryl methyl sites for hydroxylation is 12. The summed E-state index contributed by atoms with van der Waals surface area (Å²) in [6.07, 6.45) is 0. The van der Waals surface area contributed by atoms with Crippen LogP contribution in [0.2, 0.25) is 0 Å². The van der Waals surface area contributed by atoms with Crippen molar-refractivity contribution in [2.45, 2.75) is 245 Å². The van der Waals surface area contributed by atoms with Crippen LogP contribution in [-0.4, -0.2) is 111 Å². The van der Waals surface area contributed by atoms with E-state index in [-0.39, 0.29) is 0 Å². The summed E-state index contributed by atoms with van der Waals surface area (Å²) in [5.41, 5.74) is 15.9. The summed E-state index contributed by atoms with van der Waals surface area (Å²) in [6, 6.07) is 0. The molecule has 12 heterocycles. The summed E-state index contributed by atoms with van der Waals surface area (Å²) < 4.78 is 203. The van der Waals surface area contributed by atoms with E-state index < -0.39 is 111 Å². The molecule has 12 rings (SSSR count). The number of hydrogen-bond donors (Lipinski definition) is 0. The zero-order valence-electron chi connectivity index (χ0n) is 78.5. The molecule has 0 atom stereocenters. The Labute approximate surface area is 1010 Å². The van der Waals surface area contributed by atoms with Crippen molar-refractivity contribution in [1.82, 2.24) is 0 Å². The van der Waals surface area contributed by atoms with Gasteiger partial charge in [0.25, 0.3) is 0 Å². The van der Waals surface area contributed by atoms with E-state index in [1.54, 1.807) is 136 Å². The Balaban J connectivity index is -0.000000336. The fourth-order valence-electron chi connectivity index (χ4n) is 9.28. The van der Waals surface area contributed by atoms with Crippen molar-refractivity contribution in [3.8, 4) is 0 Å². The van der Waals surface area contributed by atoms with Crippen molar-refractivity contribution in [1.29, 1.82) is 0 Å². The molecule has 138 heavy (non-hydrogen) atoms. The van der Waals surface area contributed by atoms with Crippen molar-refractivity contribution in [3.05, 3.63) is 180 Å². The van der Waals surface area contributed by atoms with E-state index in [4.69, 9.17) is 58.7 Å². The molecule has 30 nitrogen and oxygen atoms in total. The normalized spacial score (nSPS) is 10.5. The quantitative estimate of drug-likeness (QED) is 0.0809. The maximum atomic E-state index is 8.96. The van der Waals surface area contributed by atoms with Gasteiger partial charge in [-0.15, -0.1) is 0 Å². The second-order valence-electron chi connectivity index (χ2n) is 25.1. The third-order valence-corrected chi connectivity index (χ3v) is 37.7. The molecular weight excluding hydrogens is 3610 g/mol. The van der Waals surface area contributed by atoms with E-state index in [2.05, 4.69) is 530 Å². The molecule has 66 heteroatoms. The standard InChI is InChI=1S/12C6H9BrNS.6ClH.18O.6Sb/c12*1-3-8-5(2)4-9-6(8)7;;;;;;;;;;;;;;;;;;;;;;;;;;;;;;/h12*4H,3H2,1-2H3;6*1H;;;;;;;;;;;;;;;;;;;;;;;;/q12*+1;;;;;;;;;;;;;12*-1;6*+1/p-6. The van der Waals surface area contributed by atoms with Gasteiger partial charge in [-0.25, -0.2) is 0 Å². The number of hydrogen-bond acceptors (Lipinski definition) is 30. The van der Waals surface area contributed by atoms with Gasteiger partial charge in [-0.05, 0) is 83.1 Å². The van der Waals surface area contributed by atoms with E-state index >= 15 is 0 Å². The monoisotopic (exact) mass is 3690 g/mol. The van der Waals surface area contributed by atoms with E-state index in [1.807, 2.05) is 0 Å². The molecule has 0 unspecified atom stereocenters. The van der Waals surface area contributed by atoms with Crippen LogP contribution in [0, 0.1) is 83.1 Å². The van der Waals surface area contributed by atoms with Crippen molar-refractivity contribution in [2.75, 3.05) is 0 Å². The first kappa shape index (κ1) is 155. The minimum atomic E-state index is -5.38. The maximum absolute atomic E-state index is 8.96. The first-order valence-corrected chi connectivity index (χ1v) is 97.2. The van der Waals surface area contributed by atoms with Crippen molar-refractivity contribution in [2.24, 2.45) is 0 Å². The second-order valence-corrected chi connectivity index (χ2v) is 82.1. The molecule has 12 aromatic rings. The van der Waals surface area contributed by atoms with Crippen molar-refractivity contribution < 1.29 is 114 Å². The molecule has 0 radical (unpaired) electrons. The summed E-state index contributed by atoms with van der Waals surface area (Å²) in [7, 11) is 24.4. The third-order valence-electron chi connectivity index (χ3n) is 15.4. The average molecular weight is 3720 g/mol. The van der Waals surface area contributed by atoms with Crippen LogP contribution < -0.4 is 95.4 Å². The molecule has 0 aromatic carbocycles. The zero-order valence-corrected chi connectivity index (χ0v) is 127. The van der Waals surface area contributed by atoms with E-state index in [0.29, 0.717) is 0 Å². The molecule has 0 N–H and O–H groups in total. The van der Waals surface area contributed by atoms with Crippen LogP contribution in [-0.2, 0) is 96.6 Å². The van der Waals surface area contributed by atoms with Crippen LogP contribution in [0.25, 0.3) is 0 Å². The molecule has 0 spiro atoms. The van der Waals surface area contributed by atoms with Gasteiger partial charge in [-0.3, -0.25) is 0 Å². The molecule has 0 aliphatic heterocycles. The fraction of sp³-hybridized carbons (Fsp3) is 0.500. The van der Waals surface area contributed by atoms with Gasteiger partial charge in [-0.2, -0.15) is 54.8 Å². The Kier molecular flexibility index (Phi) is 93.8. The van der Waals surface area contributed by atoms with Gasteiger partial charge < -0.3 is 0 Å². The molecule has 0 fully saturated rings. The summed E-state index contributed by atoms with van der Waals surface area (Å²) in [5, 5.41) is 25.8. The predicted molar refractivity (Wildman–Crippen MR) is 585 cm³/mol. The summed E-state index contributed by atoms with van der Waals surface area (Å²) in [5.74, 6) is 0. The van der Waals surface area contributed by atoms with Crippen LogP contribution in [0.15, 0.2) is 112 Å². The summed E-state index contributed by atoms with van der Waals surface area (Å²) >= 11 is 30.1. The Morgan fingerprint density at radius 1 is 0.174 bits per heavy atom. The second kappa shape index (κ2) is 83.6. The molecule has 0 aliphatic carbocycles. The SMILES string of the molecule is CC[n+]1c(C)csc1Br.CC[n+]1c(C)csc1Br.CC[n+]1c(C)csc1Br.CC[n+]1c(C)csc1Br.CC[n+]1c(C)csc1Br.CC[n+]1c(C)csc1Br.CC[n+]1c(C)csc1Br.CC[n+]1c(C)csc1Br.CC[n+]1c(C)csc1Br.CC[n+]1c(C)csc1Br.CC[n+]1c(C)csc1Br.CC[n+]1c(C)csc1Br.[O]=[Sb]([O-])([O-])[Cl].[O]=[Sb]([O-])([O-])[Cl].[O]=[Sb]([O-])([O-])[Cl].[O]=[Sb]([O-])([O-])[Cl].[O]=[Sb]([O-])([O-])[Cl].[O]=[Sb]([O-])([O-])[Cl]. The van der Waals surface area contributed by atoms with E-state index in [0.717, 1.165) is 78.5 Å². The summed E-state index contributed by atoms with van der Waals surface area (Å²) in [4.78, 5) is 0. The van der Waals surface area contributed by atoms with Gasteiger partial charge in [0.15, 0.2) is 68.3 Å². The van der Waals surface area contributed by atoms with Crippen LogP contribution in [0.4, 0.5) is 0 Å². The first-order valence-electron chi connectivity index (χ1n) is 39.0. The van der Waals surface area contributed by atoms with E-state index in [9.17, 15) is 0 Å². The molecular formula is C72H108Br12Cl6N12O18S12Sb6. The van der Waals surface area contributed by atoms with Gasteiger partial charge in [-0.1, -0.05) is 136 Å².